The van der Waals surface area contributed by atoms with Crippen LogP contribution in [0.3, 0.4) is 0 Å². The van der Waals surface area contributed by atoms with E-state index in [1.807, 2.05) is 0 Å². The minimum Gasteiger partial charge on any atom is -0.273 e. The lowest BCUT2D eigenvalue weighted by molar-refractivity contribution is -0.384. The highest BCUT2D eigenvalue weighted by Crippen LogP contribution is 2.32. The van der Waals surface area contributed by atoms with E-state index in [2.05, 4.69) is 0 Å². The van der Waals surface area contributed by atoms with Crippen LogP contribution in [0.1, 0.15) is 5.56 Å². The van der Waals surface area contributed by atoms with Crippen LogP contribution in [-0.2, 0) is 11.2 Å². The van der Waals surface area contributed by atoms with Crippen molar-refractivity contribution in [2.45, 2.75) is 6.42 Å². The van der Waals surface area contributed by atoms with Crippen LogP contribution >= 0.6 is 11.8 Å². The third-order valence-corrected chi connectivity index (χ3v) is 2.42. The summed E-state index contributed by atoms with van der Waals surface area (Å²) >= 11 is 5.64. The Hall–Kier alpha value is -1.62. The second-order valence-corrected chi connectivity index (χ2v) is 3.26. The van der Waals surface area contributed by atoms with Gasteiger partial charge in [-0.25, -0.2) is 4.42 Å². The van der Waals surface area contributed by atoms with Gasteiger partial charge in [-0.15, -0.1) is 0 Å². The molecule has 0 bridgehead atoms. The molecule has 0 radical (unpaired) electrons. The highest BCUT2D eigenvalue weighted by atomic mass is 35.5. The first-order valence-corrected chi connectivity index (χ1v) is 4.19. The Morgan fingerprint density at radius 1 is 1.50 bits per heavy atom. The maximum Gasteiger partial charge on any atom is 0.269 e. The van der Waals surface area contributed by atoms with Gasteiger partial charge in [0.05, 0.1) is 17.0 Å². The van der Waals surface area contributed by atoms with E-state index in [1.165, 1.54) is 18.2 Å². The minimum atomic E-state index is -0.498. The van der Waals surface area contributed by atoms with Crippen LogP contribution in [0.15, 0.2) is 18.2 Å². The fraction of sp³-hybridized carbons (Fsp3) is 0.125. The van der Waals surface area contributed by atoms with Gasteiger partial charge in [0.25, 0.3) is 5.69 Å². The summed E-state index contributed by atoms with van der Waals surface area (Å²) in [6.45, 7) is 0. The topological polar surface area (TPSA) is 63.4 Å². The molecule has 0 saturated heterocycles. The van der Waals surface area contributed by atoms with E-state index in [4.69, 9.17) is 11.8 Å². The Labute approximate surface area is 84.1 Å². The first-order valence-electron chi connectivity index (χ1n) is 3.85. The number of carbonyl (C=O) groups excluding carboxylic acids is 1. The van der Waals surface area contributed by atoms with E-state index >= 15 is 0 Å². The number of fused-ring (bicyclic) bond motifs is 1. The Kier molecular flexibility index (Phi) is 1.89. The highest BCUT2D eigenvalue weighted by molar-refractivity contribution is 6.38. The lowest BCUT2D eigenvalue weighted by atomic mass is 10.1. The van der Waals surface area contributed by atoms with E-state index in [0.717, 1.165) is 4.42 Å². The van der Waals surface area contributed by atoms with Crippen molar-refractivity contribution in [2.75, 3.05) is 4.42 Å². The monoisotopic (exact) mass is 212 g/mol. The molecule has 1 aromatic rings. The van der Waals surface area contributed by atoms with Crippen LogP contribution in [0.4, 0.5) is 11.4 Å². The molecule has 1 aliphatic rings. The average Bonchev–Trinajstić information content (AvgIpc) is 2.42. The zero-order valence-corrected chi connectivity index (χ0v) is 7.69. The van der Waals surface area contributed by atoms with Crippen LogP contribution in [0.5, 0.6) is 0 Å². The minimum absolute atomic E-state index is 0.0245. The lowest BCUT2D eigenvalue weighted by Gasteiger charge is -2.04. The Balaban J connectivity index is 2.49. The third kappa shape index (κ3) is 1.22. The van der Waals surface area contributed by atoms with E-state index in [0.29, 0.717) is 11.3 Å². The van der Waals surface area contributed by atoms with Crippen molar-refractivity contribution >= 4 is 29.1 Å². The number of anilines is 1. The maximum atomic E-state index is 11.1. The summed E-state index contributed by atoms with van der Waals surface area (Å²) in [4.78, 5) is 21.1. The van der Waals surface area contributed by atoms with Crippen LogP contribution in [0, 0.1) is 10.1 Å². The van der Waals surface area contributed by atoms with Gasteiger partial charge in [-0.1, -0.05) is 0 Å². The SMILES string of the molecule is O=C1Cc2cc([N+](=O)[O-])ccc2N1Cl. The molecule has 1 aromatic carbocycles. The van der Waals surface area contributed by atoms with Gasteiger partial charge >= 0.3 is 0 Å². The zero-order chi connectivity index (χ0) is 10.3. The number of carbonyl (C=O) groups is 1. The normalized spacial score (nSPS) is 14.4. The van der Waals surface area contributed by atoms with Gasteiger partial charge in [-0.3, -0.25) is 14.9 Å². The zero-order valence-electron chi connectivity index (χ0n) is 6.94. The number of halogens is 1. The van der Waals surface area contributed by atoms with Crippen molar-refractivity contribution in [1.82, 2.24) is 0 Å². The number of nitro benzene ring substituents is 1. The first kappa shape index (κ1) is 8.96. The number of hydrogen-bond acceptors (Lipinski definition) is 3. The number of nitro groups is 1. The standard InChI is InChI=1S/C8H5ClN2O3/c9-10-7-2-1-6(11(13)14)3-5(7)4-8(10)12/h1-3H,4H2. The smallest absolute Gasteiger partial charge is 0.269 e. The van der Waals surface area contributed by atoms with Gasteiger partial charge in [-0.2, -0.15) is 0 Å². The predicted octanol–water partition coefficient (Wildman–Crippen LogP) is 1.64. The Morgan fingerprint density at radius 2 is 2.21 bits per heavy atom. The van der Waals surface area contributed by atoms with Gasteiger partial charge in [-0.05, 0) is 11.6 Å². The molecule has 0 N–H and O–H groups in total. The van der Waals surface area contributed by atoms with Crippen LogP contribution in [0.2, 0.25) is 0 Å². The molecule has 0 aliphatic carbocycles. The summed E-state index contributed by atoms with van der Waals surface area (Å²) < 4.78 is 0.985. The van der Waals surface area contributed by atoms with Crippen molar-refractivity contribution in [1.29, 1.82) is 0 Å². The van der Waals surface area contributed by atoms with E-state index in [9.17, 15) is 14.9 Å². The Morgan fingerprint density at radius 3 is 2.86 bits per heavy atom. The number of non-ortho nitro benzene ring substituents is 1. The quantitative estimate of drug-likeness (QED) is 0.404. The summed E-state index contributed by atoms with van der Waals surface area (Å²) in [5.41, 5.74) is 1.10. The molecule has 1 heterocycles. The molecule has 0 atom stereocenters. The molecule has 2 rings (SSSR count). The lowest BCUT2D eigenvalue weighted by Crippen LogP contribution is -2.13. The Bertz CT molecular complexity index is 433. The maximum absolute atomic E-state index is 11.1. The number of nitrogens with zero attached hydrogens (tertiary/aromatic N) is 2. The number of benzene rings is 1. The van der Waals surface area contributed by atoms with Gasteiger partial charge < -0.3 is 0 Å². The van der Waals surface area contributed by atoms with Crippen molar-refractivity contribution in [3.8, 4) is 0 Å². The molecule has 6 heteroatoms. The van der Waals surface area contributed by atoms with Crippen LogP contribution in [0.25, 0.3) is 0 Å². The van der Waals surface area contributed by atoms with Crippen LogP contribution < -0.4 is 4.42 Å². The molecule has 1 amide bonds. The van der Waals surface area contributed by atoms with Gasteiger partial charge in [0.2, 0.25) is 5.91 Å². The number of hydrogen-bond donors (Lipinski definition) is 0. The highest BCUT2D eigenvalue weighted by Gasteiger charge is 2.27. The van der Waals surface area contributed by atoms with Gasteiger partial charge in [0.1, 0.15) is 0 Å². The van der Waals surface area contributed by atoms with Crippen LogP contribution in [-0.4, -0.2) is 10.8 Å². The molecule has 0 fully saturated rings. The van der Waals surface area contributed by atoms with Crippen molar-refractivity contribution in [2.24, 2.45) is 0 Å². The molecule has 0 unspecified atom stereocenters. The summed E-state index contributed by atoms with van der Waals surface area (Å²) in [6, 6.07) is 4.17. The van der Waals surface area contributed by atoms with E-state index < -0.39 is 4.92 Å². The third-order valence-electron chi connectivity index (χ3n) is 2.05. The average molecular weight is 213 g/mol. The molecule has 0 saturated carbocycles. The molecule has 5 nitrogen and oxygen atoms in total. The molecule has 1 aliphatic heterocycles. The molecular weight excluding hydrogens is 208 g/mol. The van der Waals surface area contributed by atoms with E-state index in [1.54, 1.807) is 0 Å². The second-order valence-electron chi connectivity index (χ2n) is 2.92. The van der Waals surface area contributed by atoms with Gasteiger partial charge in [0.15, 0.2) is 0 Å². The predicted molar refractivity (Wildman–Crippen MR) is 50.1 cm³/mol. The summed E-state index contributed by atoms with van der Waals surface area (Å²) in [5.74, 6) is -0.262. The number of rotatable bonds is 1. The fourth-order valence-electron chi connectivity index (χ4n) is 1.39. The molecule has 0 spiro atoms. The molecular formula is C8H5ClN2O3. The van der Waals surface area contributed by atoms with Crippen molar-refractivity contribution in [3.05, 3.63) is 33.9 Å². The number of amides is 1. The second kappa shape index (κ2) is 2.95. The summed E-state index contributed by atoms with van der Waals surface area (Å²) in [5, 5.41) is 10.4. The molecule has 0 aromatic heterocycles. The van der Waals surface area contributed by atoms with E-state index in [-0.39, 0.29) is 18.0 Å². The largest absolute Gasteiger partial charge is 0.273 e. The fourth-order valence-corrected chi connectivity index (χ4v) is 1.61. The summed E-state index contributed by atoms with van der Waals surface area (Å²) in [7, 11) is 0. The molecule has 14 heavy (non-hydrogen) atoms. The van der Waals surface area contributed by atoms with Crippen molar-refractivity contribution in [3.63, 3.8) is 0 Å². The van der Waals surface area contributed by atoms with Crippen molar-refractivity contribution < 1.29 is 9.72 Å². The molecule has 72 valence electrons. The first-order chi connectivity index (χ1) is 6.59. The summed E-state index contributed by atoms with van der Waals surface area (Å²) in [6.07, 6.45) is 0.126. The van der Waals surface area contributed by atoms with Gasteiger partial charge in [0, 0.05) is 23.9 Å².